The molecule has 1 heterocycles. The average Bonchev–Trinajstić information content (AvgIpc) is 2.70. The van der Waals surface area contributed by atoms with Crippen molar-refractivity contribution < 1.29 is 14.3 Å². The number of methoxy groups -OCH3 is 1. The van der Waals surface area contributed by atoms with Gasteiger partial charge >= 0.3 is 0 Å². The van der Waals surface area contributed by atoms with E-state index in [4.69, 9.17) is 9.47 Å². The van der Waals surface area contributed by atoms with Gasteiger partial charge in [-0.1, -0.05) is 29.8 Å². The molecule has 0 aliphatic heterocycles. The number of hydrogen-bond acceptors (Lipinski definition) is 6. The molecule has 0 fully saturated rings. The molecule has 0 saturated heterocycles. The van der Waals surface area contributed by atoms with Gasteiger partial charge in [0.2, 0.25) is 0 Å². The lowest BCUT2D eigenvalue weighted by molar-refractivity contribution is -0.118. The summed E-state index contributed by atoms with van der Waals surface area (Å²) >= 11 is 0. The van der Waals surface area contributed by atoms with E-state index in [1.165, 1.54) is 5.56 Å². The van der Waals surface area contributed by atoms with Crippen molar-refractivity contribution in [1.29, 1.82) is 0 Å². The van der Waals surface area contributed by atoms with Crippen LogP contribution in [0.15, 0.2) is 48.5 Å². The average molecular weight is 392 g/mol. The summed E-state index contributed by atoms with van der Waals surface area (Å²) in [4.78, 5) is 12.1. The molecule has 1 amide bonds. The Balaban J connectivity index is 1.58. The van der Waals surface area contributed by atoms with Gasteiger partial charge in [0, 0.05) is 5.69 Å². The Morgan fingerprint density at radius 1 is 0.931 bits per heavy atom. The van der Waals surface area contributed by atoms with E-state index in [-0.39, 0.29) is 12.5 Å². The zero-order valence-corrected chi connectivity index (χ0v) is 16.9. The van der Waals surface area contributed by atoms with E-state index in [2.05, 4.69) is 39.9 Å². The molecule has 3 rings (SSSR count). The van der Waals surface area contributed by atoms with Crippen LogP contribution in [0.25, 0.3) is 0 Å². The molecule has 0 aliphatic rings. The van der Waals surface area contributed by atoms with Crippen LogP contribution in [0.2, 0.25) is 0 Å². The predicted molar refractivity (Wildman–Crippen MR) is 113 cm³/mol. The SMILES string of the molecule is COc1ccccc1OCC(=O)Nc1ccc(Nc2c(C)cc(C)cc2C)nn1. The fourth-order valence-corrected chi connectivity index (χ4v) is 3.03. The van der Waals surface area contributed by atoms with E-state index in [9.17, 15) is 4.79 Å². The second-order valence-electron chi connectivity index (χ2n) is 6.69. The van der Waals surface area contributed by atoms with Crippen LogP contribution in [0.5, 0.6) is 11.5 Å². The maximum atomic E-state index is 12.1. The second kappa shape index (κ2) is 9.05. The summed E-state index contributed by atoms with van der Waals surface area (Å²) in [5, 5.41) is 14.1. The minimum atomic E-state index is -0.337. The molecule has 2 N–H and O–H groups in total. The molecule has 7 nitrogen and oxygen atoms in total. The van der Waals surface area contributed by atoms with Gasteiger partial charge in [-0.05, 0) is 56.2 Å². The van der Waals surface area contributed by atoms with Crippen molar-refractivity contribution >= 4 is 23.2 Å². The molecule has 29 heavy (non-hydrogen) atoms. The van der Waals surface area contributed by atoms with E-state index in [0.717, 1.165) is 16.8 Å². The van der Waals surface area contributed by atoms with E-state index in [0.29, 0.717) is 23.1 Å². The maximum absolute atomic E-state index is 12.1. The summed E-state index contributed by atoms with van der Waals surface area (Å²) in [6, 6.07) is 14.8. The van der Waals surface area contributed by atoms with Gasteiger partial charge in [-0.15, -0.1) is 10.2 Å². The molecule has 0 aliphatic carbocycles. The van der Waals surface area contributed by atoms with Crippen molar-refractivity contribution in [2.24, 2.45) is 0 Å². The number of aryl methyl sites for hydroxylation is 3. The normalized spacial score (nSPS) is 10.3. The van der Waals surface area contributed by atoms with Gasteiger partial charge in [-0.25, -0.2) is 0 Å². The number of aromatic nitrogens is 2. The highest BCUT2D eigenvalue weighted by Crippen LogP contribution is 2.26. The highest BCUT2D eigenvalue weighted by atomic mass is 16.5. The largest absolute Gasteiger partial charge is 0.493 e. The Morgan fingerprint density at radius 2 is 1.55 bits per heavy atom. The van der Waals surface area contributed by atoms with Crippen LogP contribution in [0.3, 0.4) is 0 Å². The Bertz CT molecular complexity index is 980. The molecule has 2 aromatic carbocycles. The molecule has 150 valence electrons. The van der Waals surface area contributed by atoms with Crippen molar-refractivity contribution in [1.82, 2.24) is 10.2 Å². The van der Waals surface area contributed by atoms with E-state index >= 15 is 0 Å². The van der Waals surface area contributed by atoms with Crippen LogP contribution < -0.4 is 20.1 Å². The van der Waals surface area contributed by atoms with Gasteiger partial charge in [-0.3, -0.25) is 4.79 Å². The summed E-state index contributed by atoms with van der Waals surface area (Å²) in [6.07, 6.45) is 0. The van der Waals surface area contributed by atoms with Crippen molar-refractivity contribution in [3.63, 3.8) is 0 Å². The van der Waals surface area contributed by atoms with Crippen LogP contribution in [0.1, 0.15) is 16.7 Å². The van der Waals surface area contributed by atoms with Crippen LogP contribution in [0, 0.1) is 20.8 Å². The minimum Gasteiger partial charge on any atom is -0.493 e. The first-order valence-electron chi connectivity index (χ1n) is 9.20. The van der Waals surface area contributed by atoms with E-state index in [1.54, 1.807) is 31.4 Å². The first kappa shape index (κ1) is 20.1. The zero-order valence-electron chi connectivity index (χ0n) is 16.9. The maximum Gasteiger partial charge on any atom is 0.263 e. The number of carbonyl (C=O) groups excluding carboxylic acids is 1. The molecule has 0 atom stereocenters. The lowest BCUT2D eigenvalue weighted by Gasteiger charge is -2.13. The van der Waals surface area contributed by atoms with Crippen LogP contribution in [0.4, 0.5) is 17.3 Å². The van der Waals surface area contributed by atoms with Gasteiger partial charge < -0.3 is 20.1 Å². The van der Waals surface area contributed by atoms with Crippen LogP contribution >= 0.6 is 0 Å². The minimum absolute atomic E-state index is 0.163. The van der Waals surface area contributed by atoms with Crippen molar-refractivity contribution in [3.8, 4) is 11.5 Å². The topological polar surface area (TPSA) is 85.4 Å². The molecule has 0 saturated carbocycles. The summed E-state index contributed by atoms with van der Waals surface area (Å²) in [5.41, 5.74) is 4.49. The number of para-hydroxylation sites is 2. The number of benzene rings is 2. The fourth-order valence-electron chi connectivity index (χ4n) is 3.03. The third-order valence-electron chi connectivity index (χ3n) is 4.29. The summed E-state index contributed by atoms with van der Waals surface area (Å²) in [5.74, 6) is 1.68. The number of ether oxygens (including phenoxy) is 2. The Hall–Kier alpha value is -3.61. The van der Waals surface area contributed by atoms with Crippen molar-refractivity contribution in [2.75, 3.05) is 24.4 Å². The standard InChI is InChI=1S/C22H24N4O3/c1-14-11-15(2)22(16(3)12-14)24-20-10-9-19(25-26-20)23-21(27)13-29-18-8-6-5-7-17(18)28-4/h5-12H,13H2,1-4H3,(H,24,26)(H,23,25,27). The molecule has 3 aromatic rings. The third-order valence-corrected chi connectivity index (χ3v) is 4.29. The number of carbonyl (C=O) groups is 1. The molecule has 0 bridgehead atoms. The first-order valence-corrected chi connectivity index (χ1v) is 9.20. The first-order chi connectivity index (χ1) is 14.0. The Morgan fingerprint density at radius 3 is 2.17 bits per heavy atom. The van der Waals surface area contributed by atoms with Gasteiger partial charge in [-0.2, -0.15) is 0 Å². The molecule has 7 heteroatoms. The number of amides is 1. The highest BCUT2D eigenvalue weighted by Gasteiger charge is 2.09. The highest BCUT2D eigenvalue weighted by molar-refractivity contribution is 5.91. The Labute approximate surface area is 170 Å². The van der Waals surface area contributed by atoms with E-state index < -0.39 is 0 Å². The monoisotopic (exact) mass is 392 g/mol. The number of rotatable bonds is 7. The summed E-state index contributed by atoms with van der Waals surface area (Å²) in [7, 11) is 1.55. The molecule has 0 radical (unpaired) electrons. The Kier molecular flexibility index (Phi) is 6.29. The van der Waals surface area contributed by atoms with Gasteiger partial charge in [0.1, 0.15) is 0 Å². The molecule has 0 unspecified atom stereocenters. The molecule has 0 spiro atoms. The molecular formula is C22H24N4O3. The summed E-state index contributed by atoms with van der Waals surface area (Å²) in [6.45, 7) is 6.00. The van der Waals surface area contributed by atoms with Crippen molar-refractivity contribution in [2.45, 2.75) is 20.8 Å². The third kappa shape index (κ3) is 5.22. The van der Waals surface area contributed by atoms with Crippen LogP contribution in [-0.4, -0.2) is 29.8 Å². The van der Waals surface area contributed by atoms with Crippen LogP contribution in [-0.2, 0) is 4.79 Å². The number of hydrogen-bond donors (Lipinski definition) is 2. The second-order valence-corrected chi connectivity index (χ2v) is 6.69. The fraction of sp³-hybridized carbons (Fsp3) is 0.227. The van der Waals surface area contributed by atoms with Gasteiger partial charge in [0.25, 0.3) is 5.91 Å². The number of nitrogens with one attached hydrogen (secondary N) is 2. The van der Waals surface area contributed by atoms with Gasteiger partial charge in [0.15, 0.2) is 29.7 Å². The zero-order chi connectivity index (χ0) is 20.8. The van der Waals surface area contributed by atoms with Gasteiger partial charge in [0.05, 0.1) is 7.11 Å². The lowest BCUT2D eigenvalue weighted by atomic mass is 10.1. The quantitative estimate of drug-likeness (QED) is 0.628. The number of anilines is 3. The lowest BCUT2D eigenvalue weighted by Crippen LogP contribution is -2.21. The van der Waals surface area contributed by atoms with E-state index in [1.807, 2.05) is 26.0 Å². The molecular weight excluding hydrogens is 368 g/mol. The van der Waals surface area contributed by atoms with Crippen molar-refractivity contribution in [3.05, 3.63) is 65.2 Å². The smallest absolute Gasteiger partial charge is 0.263 e. The predicted octanol–water partition coefficient (Wildman–Crippen LogP) is 4.17. The molecule has 1 aromatic heterocycles. The summed E-state index contributed by atoms with van der Waals surface area (Å²) < 4.78 is 10.7. The number of nitrogens with zero attached hydrogens (tertiary/aromatic N) is 2.